The Hall–Kier alpha value is -1.56. The number of halogens is 3. The third-order valence-electron chi connectivity index (χ3n) is 2.66. The zero-order valence-corrected chi connectivity index (χ0v) is 10.3. The molecule has 1 aromatic carbocycles. The Bertz CT molecular complexity index is 393. The molecule has 0 aliphatic heterocycles. The zero-order valence-electron chi connectivity index (χ0n) is 10.3. The summed E-state index contributed by atoms with van der Waals surface area (Å²) in [6, 6.07) is 8.62. The average Bonchev–Trinajstić information content (AvgIpc) is 2.33. The van der Waals surface area contributed by atoms with Crippen molar-refractivity contribution in [3.8, 4) is 0 Å². The van der Waals surface area contributed by atoms with E-state index in [1.165, 1.54) is 0 Å². The van der Waals surface area contributed by atoms with Crippen molar-refractivity contribution < 1.29 is 23.1 Å². The summed E-state index contributed by atoms with van der Waals surface area (Å²) in [4.78, 5) is 11.1. The largest absolute Gasteiger partial charge is 0.481 e. The van der Waals surface area contributed by atoms with E-state index < -0.39 is 24.5 Å². The Morgan fingerprint density at radius 2 is 1.89 bits per heavy atom. The maximum Gasteiger partial charge on any atom is 0.389 e. The lowest BCUT2D eigenvalue weighted by Crippen LogP contribution is -2.28. The number of rotatable bonds is 7. The van der Waals surface area contributed by atoms with Gasteiger partial charge in [0, 0.05) is 13.0 Å². The lowest BCUT2D eigenvalue weighted by molar-refractivity contribution is -0.139. The Balaban J connectivity index is 2.38. The molecular formula is C13H16F3NO2. The average molecular weight is 275 g/mol. The maximum absolute atomic E-state index is 11.9. The summed E-state index contributed by atoms with van der Waals surface area (Å²) >= 11 is 0. The van der Waals surface area contributed by atoms with Gasteiger partial charge in [-0.05, 0) is 18.5 Å². The molecule has 2 N–H and O–H groups in total. The maximum atomic E-state index is 11.9. The lowest BCUT2D eigenvalue weighted by atomic mass is 9.99. The summed E-state index contributed by atoms with van der Waals surface area (Å²) in [7, 11) is 0. The minimum absolute atomic E-state index is 0.0510. The fraction of sp³-hybridized carbons (Fsp3) is 0.462. The van der Waals surface area contributed by atoms with E-state index in [-0.39, 0.29) is 19.5 Å². The molecule has 0 saturated heterocycles. The van der Waals surface area contributed by atoms with Gasteiger partial charge in [-0.1, -0.05) is 30.3 Å². The molecule has 1 aromatic rings. The van der Waals surface area contributed by atoms with Gasteiger partial charge in [-0.15, -0.1) is 0 Å². The first-order chi connectivity index (χ1) is 8.90. The molecule has 0 radical (unpaired) electrons. The summed E-state index contributed by atoms with van der Waals surface area (Å²) in [6.45, 7) is 0.271. The van der Waals surface area contributed by atoms with E-state index >= 15 is 0 Å². The van der Waals surface area contributed by atoms with E-state index in [2.05, 4.69) is 5.32 Å². The van der Waals surface area contributed by atoms with Crippen LogP contribution < -0.4 is 5.32 Å². The third-order valence-corrected chi connectivity index (χ3v) is 2.66. The van der Waals surface area contributed by atoms with Crippen molar-refractivity contribution >= 4 is 5.97 Å². The zero-order chi connectivity index (χ0) is 14.3. The molecule has 0 amide bonds. The number of carboxylic acids is 1. The van der Waals surface area contributed by atoms with Gasteiger partial charge in [-0.2, -0.15) is 13.2 Å². The van der Waals surface area contributed by atoms with E-state index in [0.29, 0.717) is 5.56 Å². The number of hydrogen-bond acceptors (Lipinski definition) is 2. The number of aliphatic carboxylic acids is 1. The summed E-state index contributed by atoms with van der Waals surface area (Å²) in [5, 5.41) is 11.8. The molecule has 0 fully saturated rings. The number of nitrogens with one attached hydrogen (secondary N) is 1. The Labute approximate surface area is 109 Å². The van der Waals surface area contributed by atoms with Gasteiger partial charge in [0.1, 0.15) is 0 Å². The molecule has 6 heteroatoms. The SMILES string of the molecule is O=C(O)C(CNCCCC(F)(F)F)c1ccccc1. The second kappa shape index (κ2) is 7.13. The van der Waals surface area contributed by atoms with Gasteiger partial charge < -0.3 is 10.4 Å². The van der Waals surface area contributed by atoms with Crippen LogP contribution in [0, 0.1) is 0 Å². The molecule has 19 heavy (non-hydrogen) atoms. The molecule has 0 bridgehead atoms. The van der Waals surface area contributed by atoms with Crippen LogP contribution in [-0.2, 0) is 4.79 Å². The van der Waals surface area contributed by atoms with E-state index in [1.54, 1.807) is 30.3 Å². The Morgan fingerprint density at radius 3 is 2.42 bits per heavy atom. The number of hydrogen-bond donors (Lipinski definition) is 2. The highest BCUT2D eigenvalue weighted by molar-refractivity contribution is 5.76. The van der Waals surface area contributed by atoms with Gasteiger partial charge in [0.15, 0.2) is 0 Å². The van der Waals surface area contributed by atoms with Crippen LogP contribution in [0.2, 0.25) is 0 Å². The molecule has 0 aliphatic rings. The summed E-state index contributed by atoms with van der Waals surface area (Å²) in [5.74, 6) is -1.73. The first-order valence-corrected chi connectivity index (χ1v) is 5.95. The highest BCUT2D eigenvalue weighted by atomic mass is 19.4. The van der Waals surface area contributed by atoms with E-state index in [9.17, 15) is 18.0 Å². The van der Waals surface area contributed by atoms with Crippen molar-refractivity contribution in [1.29, 1.82) is 0 Å². The van der Waals surface area contributed by atoms with Crippen LogP contribution in [0.3, 0.4) is 0 Å². The Kier molecular flexibility index (Phi) is 5.82. The van der Waals surface area contributed by atoms with E-state index in [0.717, 1.165) is 0 Å². The smallest absolute Gasteiger partial charge is 0.389 e. The second-order valence-corrected chi connectivity index (χ2v) is 4.22. The highest BCUT2D eigenvalue weighted by Crippen LogP contribution is 2.21. The molecule has 0 aromatic heterocycles. The summed E-state index contributed by atoms with van der Waals surface area (Å²) < 4.78 is 35.7. The standard InChI is InChI=1S/C13H16F3NO2/c14-13(15,16)7-4-8-17-9-11(12(18)19)10-5-2-1-3-6-10/h1-3,5-6,11,17H,4,7-9H2,(H,18,19). The van der Waals surface area contributed by atoms with Crippen LogP contribution >= 0.6 is 0 Å². The van der Waals surface area contributed by atoms with Crippen molar-refractivity contribution in [3.63, 3.8) is 0 Å². The molecular weight excluding hydrogens is 259 g/mol. The molecule has 0 spiro atoms. The molecule has 0 saturated carbocycles. The molecule has 1 atom stereocenters. The van der Waals surface area contributed by atoms with Crippen LogP contribution in [0.25, 0.3) is 0 Å². The van der Waals surface area contributed by atoms with Crippen LogP contribution in [0.15, 0.2) is 30.3 Å². The van der Waals surface area contributed by atoms with E-state index in [4.69, 9.17) is 5.11 Å². The highest BCUT2D eigenvalue weighted by Gasteiger charge is 2.26. The number of benzene rings is 1. The minimum Gasteiger partial charge on any atom is -0.481 e. The fourth-order valence-corrected chi connectivity index (χ4v) is 1.69. The molecule has 106 valence electrons. The van der Waals surface area contributed by atoms with Crippen molar-refractivity contribution in [2.24, 2.45) is 0 Å². The van der Waals surface area contributed by atoms with Crippen molar-refractivity contribution in [2.45, 2.75) is 24.9 Å². The first kappa shape index (κ1) is 15.5. The topological polar surface area (TPSA) is 49.3 Å². The normalized spacial score (nSPS) is 13.2. The van der Waals surface area contributed by atoms with Gasteiger partial charge in [-0.3, -0.25) is 4.79 Å². The lowest BCUT2D eigenvalue weighted by Gasteiger charge is -2.14. The second-order valence-electron chi connectivity index (χ2n) is 4.22. The molecule has 0 heterocycles. The summed E-state index contributed by atoms with van der Waals surface area (Å²) in [5.41, 5.74) is 0.637. The molecule has 3 nitrogen and oxygen atoms in total. The third kappa shape index (κ3) is 6.24. The van der Waals surface area contributed by atoms with Crippen LogP contribution in [0.5, 0.6) is 0 Å². The van der Waals surface area contributed by atoms with Crippen molar-refractivity contribution in [3.05, 3.63) is 35.9 Å². The van der Waals surface area contributed by atoms with Crippen LogP contribution in [0.1, 0.15) is 24.3 Å². The predicted molar refractivity (Wildman–Crippen MR) is 65.0 cm³/mol. The van der Waals surface area contributed by atoms with Crippen molar-refractivity contribution in [1.82, 2.24) is 5.32 Å². The van der Waals surface area contributed by atoms with Gasteiger partial charge in [0.2, 0.25) is 0 Å². The fourth-order valence-electron chi connectivity index (χ4n) is 1.69. The minimum atomic E-state index is -4.16. The number of carboxylic acid groups (broad SMARTS) is 1. The monoisotopic (exact) mass is 275 g/mol. The number of alkyl halides is 3. The summed E-state index contributed by atoms with van der Waals surface area (Å²) in [6.07, 6.45) is -5.07. The first-order valence-electron chi connectivity index (χ1n) is 5.95. The van der Waals surface area contributed by atoms with Crippen LogP contribution in [0.4, 0.5) is 13.2 Å². The van der Waals surface area contributed by atoms with Gasteiger partial charge in [0.05, 0.1) is 5.92 Å². The van der Waals surface area contributed by atoms with Gasteiger partial charge in [-0.25, -0.2) is 0 Å². The molecule has 0 aliphatic carbocycles. The quantitative estimate of drug-likeness (QED) is 0.752. The van der Waals surface area contributed by atoms with E-state index in [1.807, 2.05) is 0 Å². The van der Waals surface area contributed by atoms with Gasteiger partial charge >= 0.3 is 12.1 Å². The molecule has 1 rings (SSSR count). The van der Waals surface area contributed by atoms with Gasteiger partial charge in [0.25, 0.3) is 0 Å². The van der Waals surface area contributed by atoms with Crippen molar-refractivity contribution in [2.75, 3.05) is 13.1 Å². The predicted octanol–water partition coefficient (Wildman–Crippen LogP) is 2.79. The molecule has 1 unspecified atom stereocenters. The number of carbonyl (C=O) groups is 1. The Morgan fingerprint density at radius 1 is 1.26 bits per heavy atom. The van der Waals surface area contributed by atoms with Crippen LogP contribution in [-0.4, -0.2) is 30.3 Å².